The number of nitrogens with zero attached hydrogens (tertiary/aromatic N) is 1. The lowest BCUT2D eigenvalue weighted by molar-refractivity contribution is 0.0724. The van der Waals surface area contributed by atoms with Crippen molar-refractivity contribution < 1.29 is 9.18 Å². The first-order valence-corrected chi connectivity index (χ1v) is 7.96. The summed E-state index contributed by atoms with van der Waals surface area (Å²) in [7, 11) is 0. The molecule has 1 aliphatic heterocycles. The Morgan fingerprint density at radius 1 is 1.45 bits per heavy atom. The molecule has 5 heteroatoms. The predicted octanol–water partition coefficient (Wildman–Crippen LogP) is 2.77. The first kappa shape index (κ1) is 15.0. The van der Waals surface area contributed by atoms with E-state index in [1.165, 1.54) is 6.07 Å². The minimum Gasteiger partial charge on any atom is -0.348 e. The van der Waals surface area contributed by atoms with Crippen LogP contribution in [0.25, 0.3) is 10.9 Å². The molecule has 0 radical (unpaired) electrons. The van der Waals surface area contributed by atoms with Gasteiger partial charge in [0.15, 0.2) is 0 Å². The number of piperidine rings is 1. The molecule has 0 aliphatic carbocycles. The zero-order chi connectivity index (χ0) is 15.5. The van der Waals surface area contributed by atoms with Crippen LogP contribution in [-0.2, 0) is 0 Å². The van der Waals surface area contributed by atoms with E-state index in [-0.39, 0.29) is 11.7 Å². The Labute approximate surface area is 129 Å². The third-order valence-corrected chi connectivity index (χ3v) is 4.38. The van der Waals surface area contributed by atoms with E-state index in [4.69, 9.17) is 0 Å². The minimum atomic E-state index is -0.323. The van der Waals surface area contributed by atoms with Crippen LogP contribution in [0.3, 0.4) is 0 Å². The van der Waals surface area contributed by atoms with Gasteiger partial charge in [-0.05, 0) is 50.9 Å². The molecule has 2 heterocycles. The van der Waals surface area contributed by atoms with E-state index >= 15 is 0 Å². The normalized spacial score (nSPS) is 18.5. The maximum atomic E-state index is 13.8. The molecule has 118 valence electrons. The monoisotopic (exact) mass is 303 g/mol. The zero-order valence-electron chi connectivity index (χ0n) is 12.9. The molecule has 1 unspecified atom stereocenters. The van der Waals surface area contributed by atoms with Crippen molar-refractivity contribution in [1.82, 2.24) is 15.2 Å². The number of H-pyrrole nitrogens is 1. The first-order valence-electron chi connectivity index (χ1n) is 7.96. The Bertz CT molecular complexity index is 661. The van der Waals surface area contributed by atoms with Crippen LogP contribution < -0.4 is 5.32 Å². The molecule has 3 rings (SSSR count). The number of halogens is 1. The Balaban J connectivity index is 1.78. The summed E-state index contributed by atoms with van der Waals surface area (Å²) in [6.45, 7) is 5.42. The SMILES string of the molecule is CCN(CC1CCCNC1)C(=O)c1cc2cccc(F)c2[nH]1. The average molecular weight is 303 g/mol. The van der Waals surface area contributed by atoms with E-state index in [9.17, 15) is 9.18 Å². The number of amides is 1. The number of hydrogen-bond donors (Lipinski definition) is 2. The molecule has 1 aliphatic rings. The molecule has 0 saturated carbocycles. The molecule has 4 nitrogen and oxygen atoms in total. The maximum Gasteiger partial charge on any atom is 0.270 e. The van der Waals surface area contributed by atoms with E-state index in [1.807, 2.05) is 17.9 Å². The molecule has 1 amide bonds. The van der Waals surface area contributed by atoms with Crippen LogP contribution in [0.15, 0.2) is 24.3 Å². The summed E-state index contributed by atoms with van der Waals surface area (Å²) in [5.41, 5.74) is 0.868. The van der Waals surface area contributed by atoms with Crippen molar-refractivity contribution in [2.75, 3.05) is 26.2 Å². The third kappa shape index (κ3) is 2.99. The molecular weight excluding hydrogens is 281 g/mol. The zero-order valence-corrected chi connectivity index (χ0v) is 12.9. The van der Waals surface area contributed by atoms with E-state index < -0.39 is 0 Å². The van der Waals surface area contributed by atoms with Crippen LogP contribution in [0.4, 0.5) is 4.39 Å². The summed E-state index contributed by atoms with van der Waals surface area (Å²) < 4.78 is 13.8. The van der Waals surface area contributed by atoms with Crippen molar-refractivity contribution in [3.8, 4) is 0 Å². The van der Waals surface area contributed by atoms with Gasteiger partial charge in [0, 0.05) is 18.5 Å². The smallest absolute Gasteiger partial charge is 0.270 e. The second-order valence-corrected chi connectivity index (χ2v) is 5.94. The number of para-hydroxylation sites is 1. The van der Waals surface area contributed by atoms with Crippen molar-refractivity contribution in [3.05, 3.63) is 35.8 Å². The highest BCUT2D eigenvalue weighted by molar-refractivity contribution is 5.98. The van der Waals surface area contributed by atoms with Gasteiger partial charge in [0.1, 0.15) is 11.5 Å². The Kier molecular flexibility index (Phi) is 4.43. The van der Waals surface area contributed by atoms with Gasteiger partial charge in [0.2, 0.25) is 0 Å². The topological polar surface area (TPSA) is 48.1 Å². The van der Waals surface area contributed by atoms with Crippen LogP contribution in [0.2, 0.25) is 0 Å². The Morgan fingerprint density at radius 2 is 2.32 bits per heavy atom. The molecular formula is C17H22FN3O. The maximum absolute atomic E-state index is 13.8. The standard InChI is InChI=1S/C17H22FN3O/c1-2-21(11-12-5-4-8-19-10-12)17(22)15-9-13-6-3-7-14(18)16(13)20-15/h3,6-7,9,12,19-20H,2,4-5,8,10-11H2,1H3. The highest BCUT2D eigenvalue weighted by atomic mass is 19.1. The molecule has 2 aromatic rings. The summed E-state index contributed by atoms with van der Waals surface area (Å²) in [5, 5.41) is 4.11. The molecule has 22 heavy (non-hydrogen) atoms. The molecule has 1 atom stereocenters. The fourth-order valence-electron chi connectivity index (χ4n) is 3.15. The van der Waals surface area contributed by atoms with Gasteiger partial charge in [0.25, 0.3) is 5.91 Å². The van der Waals surface area contributed by atoms with Crippen molar-refractivity contribution >= 4 is 16.8 Å². The first-order chi connectivity index (χ1) is 10.7. The summed E-state index contributed by atoms with van der Waals surface area (Å²) in [4.78, 5) is 17.5. The van der Waals surface area contributed by atoms with E-state index in [1.54, 1.807) is 12.1 Å². The Hall–Kier alpha value is -1.88. The van der Waals surface area contributed by atoms with Crippen molar-refractivity contribution in [3.63, 3.8) is 0 Å². The molecule has 1 aromatic carbocycles. The quantitative estimate of drug-likeness (QED) is 0.912. The van der Waals surface area contributed by atoms with E-state index in [2.05, 4.69) is 10.3 Å². The lowest BCUT2D eigenvalue weighted by Gasteiger charge is -2.29. The largest absolute Gasteiger partial charge is 0.348 e. The van der Waals surface area contributed by atoms with Crippen molar-refractivity contribution in [1.29, 1.82) is 0 Å². The van der Waals surface area contributed by atoms with Crippen LogP contribution >= 0.6 is 0 Å². The van der Waals surface area contributed by atoms with Crippen LogP contribution in [0, 0.1) is 11.7 Å². The van der Waals surface area contributed by atoms with Gasteiger partial charge < -0.3 is 15.2 Å². The second-order valence-electron chi connectivity index (χ2n) is 5.94. The lowest BCUT2D eigenvalue weighted by Crippen LogP contribution is -2.41. The van der Waals surface area contributed by atoms with Gasteiger partial charge in [-0.25, -0.2) is 4.39 Å². The molecule has 1 aromatic heterocycles. The van der Waals surface area contributed by atoms with E-state index in [0.717, 1.165) is 37.9 Å². The molecule has 0 spiro atoms. The predicted molar refractivity (Wildman–Crippen MR) is 85.4 cm³/mol. The molecule has 2 N–H and O–H groups in total. The molecule has 1 fully saturated rings. The van der Waals surface area contributed by atoms with Gasteiger partial charge in [-0.3, -0.25) is 4.79 Å². The second kappa shape index (κ2) is 6.48. The van der Waals surface area contributed by atoms with Gasteiger partial charge in [-0.15, -0.1) is 0 Å². The number of carbonyl (C=O) groups is 1. The number of benzene rings is 1. The van der Waals surface area contributed by atoms with Gasteiger partial charge in [0.05, 0.1) is 5.52 Å². The number of nitrogens with one attached hydrogen (secondary N) is 2. The van der Waals surface area contributed by atoms with Crippen molar-refractivity contribution in [2.45, 2.75) is 19.8 Å². The minimum absolute atomic E-state index is 0.0522. The van der Waals surface area contributed by atoms with Gasteiger partial charge in [-0.1, -0.05) is 12.1 Å². The van der Waals surface area contributed by atoms with Crippen LogP contribution in [0.5, 0.6) is 0 Å². The summed E-state index contributed by atoms with van der Waals surface area (Å²) in [6, 6.07) is 6.61. The fourth-order valence-corrected chi connectivity index (χ4v) is 3.15. The number of aromatic amines is 1. The third-order valence-electron chi connectivity index (χ3n) is 4.38. The number of rotatable bonds is 4. The van der Waals surface area contributed by atoms with Crippen LogP contribution in [-0.4, -0.2) is 42.0 Å². The fraction of sp³-hybridized carbons (Fsp3) is 0.471. The summed E-state index contributed by atoms with van der Waals surface area (Å²) in [5.74, 6) is 0.124. The number of aromatic nitrogens is 1. The highest BCUT2D eigenvalue weighted by Crippen LogP contribution is 2.20. The number of carbonyl (C=O) groups excluding carboxylic acids is 1. The number of fused-ring (bicyclic) bond motifs is 1. The number of hydrogen-bond acceptors (Lipinski definition) is 2. The van der Waals surface area contributed by atoms with Crippen molar-refractivity contribution in [2.24, 2.45) is 5.92 Å². The van der Waals surface area contributed by atoms with Crippen LogP contribution in [0.1, 0.15) is 30.3 Å². The molecule has 0 bridgehead atoms. The summed E-state index contributed by atoms with van der Waals surface area (Å²) in [6.07, 6.45) is 2.31. The van der Waals surface area contributed by atoms with Gasteiger partial charge in [-0.2, -0.15) is 0 Å². The average Bonchev–Trinajstić information content (AvgIpc) is 2.98. The highest BCUT2D eigenvalue weighted by Gasteiger charge is 2.22. The Morgan fingerprint density at radius 3 is 3.00 bits per heavy atom. The van der Waals surface area contributed by atoms with E-state index in [0.29, 0.717) is 23.7 Å². The molecule has 1 saturated heterocycles. The summed E-state index contributed by atoms with van der Waals surface area (Å²) >= 11 is 0. The van der Waals surface area contributed by atoms with Gasteiger partial charge >= 0.3 is 0 Å². The lowest BCUT2D eigenvalue weighted by atomic mass is 9.99.